The normalized spacial score (nSPS) is 17.5. The molecule has 1 aromatic carbocycles. The van der Waals surface area contributed by atoms with Crippen LogP contribution in [0.1, 0.15) is 30.1 Å². The summed E-state index contributed by atoms with van der Waals surface area (Å²) < 4.78 is 0. The molecule has 2 aromatic rings. The van der Waals surface area contributed by atoms with Crippen molar-refractivity contribution in [3.05, 3.63) is 64.9 Å². The molecule has 0 radical (unpaired) electrons. The topological polar surface area (TPSA) is 53.4 Å². The van der Waals surface area contributed by atoms with Crippen LogP contribution in [0.3, 0.4) is 0 Å². The molecule has 0 bridgehead atoms. The molecule has 1 fully saturated rings. The maximum Gasteiger partial charge on any atom is 0.306 e. The number of aliphatic carboxylic acids is 1. The molecule has 2 heterocycles. The van der Waals surface area contributed by atoms with E-state index in [0.29, 0.717) is 12.8 Å². The van der Waals surface area contributed by atoms with Crippen molar-refractivity contribution in [2.45, 2.75) is 25.3 Å². The predicted octanol–water partition coefficient (Wildman–Crippen LogP) is 3.82. The molecular weight excluding hydrogens is 324 g/mol. The van der Waals surface area contributed by atoms with E-state index in [2.05, 4.69) is 16.0 Å². The van der Waals surface area contributed by atoms with Crippen molar-refractivity contribution in [2.75, 3.05) is 13.1 Å². The minimum atomic E-state index is -0.682. The molecule has 24 heavy (non-hydrogen) atoms. The number of piperidine rings is 1. The van der Waals surface area contributed by atoms with E-state index in [1.165, 1.54) is 0 Å². The second kappa shape index (κ2) is 7.77. The second-order valence-electron chi connectivity index (χ2n) is 6.24. The summed E-state index contributed by atoms with van der Waals surface area (Å²) in [5, 5.41) is 9.93. The lowest BCUT2D eigenvalue weighted by atomic mass is 9.92. The quantitative estimate of drug-likeness (QED) is 0.896. The number of carboxylic acids is 1. The van der Waals surface area contributed by atoms with Gasteiger partial charge in [-0.05, 0) is 55.8 Å². The summed E-state index contributed by atoms with van der Waals surface area (Å²) in [5.41, 5.74) is 2.18. The molecule has 1 aliphatic heterocycles. The number of carbonyl (C=O) groups is 1. The minimum Gasteiger partial charge on any atom is -0.481 e. The molecule has 3 rings (SSSR count). The largest absolute Gasteiger partial charge is 0.481 e. The third-order valence-corrected chi connectivity index (χ3v) is 4.92. The van der Waals surface area contributed by atoms with Crippen LogP contribution in [0.15, 0.2) is 48.7 Å². The lowest BCUT2D eigenvalue weighted by molar-refractivity contribution is -0.143. The SMILES string of the molecule is O=C(O)C1CCN(C(Cc2ccccn2)c2cccc(Cl)c2)CC1. The van der Waals surface area contributed by atoms with Crippen LogP contribution in [0.4, 0.5) is 0 Å². The summed E-state index contributed by atoms with van der Waals surface area (Å²) in [6, 6.07) is 14.0. The molecule has 126 valence electrons. The zero-order chi connectivity index (χ0) is 16.9. The third kappa shape index (κ3) is 4.13. The van der Waals surface area contributed by atoms with Crippen molar-refractivity contribution in [1.82, 2.24) is 9.88 Å². The number of nitrogens with zero attached hydrogens (tertiary/aromatic N) is 2. The highest BCUT2D eigenvalue weighted by Crippen LogP contribution is 2.30. The summed E-state index contributed by atoms with van der Waals surface area (Å²) in [7, 11) is 0. The number of likely N-dealkylation sites (tertiary alicyclic amines) is 1. The molecule has 1 N–H and O–H groups in total. The van der Waals surface area contributed by atoms with E-state index in [-0.39, 0.29) is 12.0 Å². The Morgan fingerprint density at radius 1 is 1.25 bits per heavy atom. The van der Waals surface area contributed by atoms with Crippen molar-refractivity contribution < 1.29 is 9.90 Å². The Labute approximate surface area is 147 Å². The van der Waals surface area contributed by atoms with E-state index in [1.54, 1.807) is 6.20 Å². The third-order valence-electron chi connectivity index (χ3n) is 4.68. The van der Waals surface area contributed by atoms with E-state index in [1.807, 2.05) is 36.4 Å². The minimum absolute atomic E-state index is 0.161. The second-order valence-corrected chi connectivity index (χ2v) is 6.68. The molecule has 1 aromatic heterocycles. The van der Waals surface area contributed by atoms with Gasteiger partial charge in [0.05, 0.1) is 5.92 Å². The van der Waals surface area contributed by atoms with Crippen LogP contribution < -0.4 is 0 Å². The Bertz CT molecular complexity index is 685. The Kier molecular flexibility index (Phi) is 5.48. The van der Waals surface area contributed by atoms with Gasteiger partial charge in [-0.2, -0.15) is 0 Å². The molecule has 1 saturated heterocycles. The van der Waals surface area contributed by atoms with E-state index < -0.39 is 5.97 Å². The number of hydrogen-bond donors (Lipinski definition) is 1. The zero-order valence-corrected chi connectivity index (χ0v) is 14.2. The Balaban J connectivity index is 1.81. The molecule has 0 saturated carbocycles. The standard InChI is InChI=1S/C19H21ClN2O2/c20-16-5-3-4-15(12-16)18(13-17-6-1-2-9-21-17)22-10-7-14(8-11-22)19(23)24/h1-6,9,12,14,18H,7-8,10-11,13H2,(H,23,24). The molecule has 5 heteroatoms. The van der Waals surface area contributed by atoms with Crippen LogP contribution in [0, 0.1) is 5.92 Å². The fourth-order valence-corrected chi connectivity index (χ4v) is 3.55. The Hall–Kier alpha value is -1.91. The van der Waals surface area contributed by atoms with Gasteiger partial charge in [0, 0.05) is 29.4 Å². The predicted molar refractivity (Wildman–Crippen MR) is 94.1 cm³/mol. The summed E-state index contributed by atoms with van der Waals surface area (Å²) in [6.45, 7) is 1.56. The number of pyridine rings is 1. The maximum absolute atomic E-state index is 11.2. The van der Waals surface area contributed by atoms with Gasteiger partial charge < -0.3 is 5.11 Å². The summed E-state index contributed by atoms with van der Waals surface area (Å²) in [4.78, 5) is 18.0. The molecular formula is C19H21ClN2O2. The van der Waals surface area contributed by atoms with Gasteiger partial charge in [-0.1, -0.05) is 29.8 Å². The van der Waals surface area contributed by atoms with Crippen LogP contribution >= 0.6 is 11.6 Å². The van der Waals surface area contributed by atoms with Gasteiger partial charge in [-0.15, -0.1) is 0 Å². The fraction of sp³-hybridized carbons (Fsp3) is 0.368. The number of carboxylic acid groups (broad SMARTS) is 1. The lowest BCUT2D eigenvalue weighted by Crippen LogP contribution is -2.39. The van der Waals surface area contributed by atoms with Gasteiger partial charge in [-0.3, -0.25) is 14.7 Å². The van der Waals surface area contributed by atoms with Gasteiger partial charge in [-0.25, -0.2) is 0 Å². The first kappa shape index (κ1) is 16.9. The van der Waals surface area contributed by atoms with Crippen LogP contribution in [0.5, 0.6) is 0 Å². The van der Waals surface area contributed by atoms with E-state index in [4.69, 9.17) is 11.6 Å². The van der Waals surface area contributed by atoms with E-state index in [0.717, 1.165) is 35.8 Å². The van der Waals surface area contributed by atoms with Crippen LogP contribution in [-0.2, 0) is 11.2 Å². The van der Waals surface area contributed by atoms with Gasteiger partial charge in [0.25, 0.3) is 0 Å². The molecule has 1 aliphatic rings. The summed E-state index contributed by atoms with van der Waals surface area (Å²) in [6.07, 6.45) is 3.98. The van der Waals surface area contributed by atoms with Crippen LogP contribution in [0.2, 0.25) is 5.02 Å². The number of halogens is 1. The molecule has 0 spiro atoms. The average molecular weight is 345 g/mol. The molecule has 4 nitrogen and oxygen atoms in total. The number of hydrogen-bond acceptors (Lipinski definition) is 3. The maximum atomic E-state index is 11.2. The van der Waals surface area contributed by atoms with E-state index in [9.17, 15) is 9.90 Å². The monoisotopic (exact) mass is 344 g/mol. The molecule has 0 amide bonds. The van der Waals surface area contributed by atoms with E-state index >= 15 is 0 Å². The smallest absolute Gasteiger partial charge is 0.306 e. The van der Waals surface area contributed by atoms with Crippen molar-refractivity contribution in [2.24, 2.45) is 5.92 Å². The molecule has 1 unspecified atom stereocenters. The number of benzene rings is 1. The molecule has 1 atom stereocenters. The summed E-state index contributed by atoms with van der Waals surface area (Å²) in [5.74, 6) is -0.908. The van der Waals surface area contributed by atoms with Crippen molar-refractivity contribution in [3.8, 4) is 0 Å². The highest BCUT2D eigenvalue weighted by molar-refractivity contribution is 6.30. The lowest BCUT2D eigenvalue weighted by Gasteiger charge is -2.36. The first-order chi connectivity index (χ1) is 11.6. The number of aromatic nitrogens is 1. The first-order valence-electron chi connectivity index (χ1n) is 8.25. The van der Waals surface area contributed by atoms with Crippen LogP contribution in [0.25, 0.3) is 0 Å². The Morgan fingerprint density at radius 3 is 2.67 bits per heavy atom. The molecule has 0 aliphatic carbocycles. The van der Waals surface area contributed by atoms with Gasteiger partial charge in [0.1, 0.15) is 0 Å². The number of rotatable bonds is 5. The average Bonchev–Trinajstić information content (AvgIpc) is 2.61. The van der Waals surface area contributed by atoms with Crippen molar-refractivity contribution in [3.63, 3.8) is 0 Å². The first-order valence-corrected chi connectivity index (χ1v) is 8.63. The van der Waals surface area contributed by atoms with Gasteiger partial charge in [0.2, 0.25) is 0 Å². The van der Waals surface area contributed by atoms with Crippen molar-refractivity contribution >= 4 is 17.6 Å². The highest BCUT2D eigenvalue weighted by Gasteiger charge is 2.29. The zero-order valence-electron chi connectivity index (χ0n) is 13.4. The Morgan fingerprint density at radius 2 is 2.04 bits per heavy atom. The summed E-state index contributed by atoms with van der Waals surface area (Å²) >= 11 is 6.18. The van der Waals surface area contributed by atoms with Gasteiger partial charge >= 0.3 is 5.97 Å². The van der Waals surface area contributed by atoms with Crippen molar-refractivity contribution in [1.29, 1.82) is 0 Å². The van der Waals surface area contributed by atoms with Gasteiger partial charge in [0.15, 0.2) is 0 Å². The highest BCUT2D eigenvalue weighted by atomic mass is 35.5. The fourth-order valence-electron chi connectivity index (χ4n) is 3.35. The van der Waals surface area contributed by atoms with Crippen LogP contribution in [-0.4, -0.2) is 34.0 Å².